The molecule has 3 aromatic carbocycles. The second-order valence-electron chi connectivity index (χ2n) is 5.96. The number of pyridine rings is 1. The summed E-state index contributed by atoms with van der Waals surface area (Å²) in [5.74, 6) is 0.712. The topological polar surface area (TPSA) is 77.3 Å². The molecule has 0 spiro atoms. The van der Waals surface area contributed by atoms with Gasteiger partial charge in [-0.3, -0.25) is 10.1 Å². The SMILES string of the molecule is COc1ccc2nc3cc(Cl)ccc3c(Nc3ccc([N+](=O)[O-])cc3)c2c1. The smallest absolute Gasteiger partial charge is 0.269 e. The van der Waals surface area contributed by atoms with E-state index in [4.69, 9.17) is 16.3 Å². The average molecular weight is 380 g/mol. The third-order valence-electron chi connectivity index (χ3n) is 4.29. The maximum absolute atomic E-state index is 10.9. The van der Waals surface area contributed by atoms with Crippen molar-refractivity contribution < 1.29 is 9.66 Å². The van der Waals surface area contributed by atoms with Crippen LogP contribution in [0.4, 0.5) is 17.1 Å². The maximum Gasteiger partial charge on any atom is 0.269 e. The Hall–Kier alpha value is -3.38. The summed E-state index contributed by atoms with van der Waals surface area (Å²) in [5, 5.41) is 16.6. The molecule has 0 aliphatic heterocycles. The van der Waals surface area contributed by atoms with E-state index in [9.17, 15) is 10.1 Å². The molecule has 27 heavy (non-hydrogen) atoms. The van der Waals surface area contributed by atoms with Crippen LogP contribution in [0.1, 0.15) is 0 Å². The van der Waals surface area contributed by atoms with Gasteiger partial charge in [0.25, 0.3) is 5.69 Å². The predicted molar refractivity (Wildman–Crippen MR) is 107 cm³/mol. The molecule has 4 aromatic rings. The minimum atomic E-state index is -0.423. The number of fused-ring (bicyclic) bond motifs is 2. The quantitative estimate of drug-likeness (QED) is 0.279. The zero-order chi connectivity index (χ0) is 19.0. The number of halogens is 1. The van der Waals surface area contributed by atoms with Crippen LogP contribution in [-0.2, 0) is 0 Å². The van der Waals surface area contributed by atoms with Gasteiger partial charge in [-0.05, 0) is 48.5 Å². The highest BCUT2D eigenvalue weighted by Gasteiger charge is 2.12. The fourth-order valence-corrected chi connectivity index (χ4v) is 3.14. The van der Waals surface area contributed by atoms with Crippen LogP contribution in [0, 0.1) is 10.1 Å². The van der Waals surface area contributed by atoms with Gasteiger partial charge in [-0.15, -0.1) is 0 Å². The molecule has 134 valence electrons. The van der Waals surface area contributed by atoms with E-state index >= 15 is 0 Å². The van der Waals surface area contributed by atoms with E-state index in [1.165, 1.54) is 12.1 Å². The highest BCUT2D eigenvalue weighted by atomic mass is 35.5. The number of non-ortho nitro benzene ring substituents is 1. The molecule has 0 saturated heterocycles. The third kappa shape index (κ3) is 3.22. The van der Waals surface area contributed by atoms with Crippen LogP contribution in [0.15, 0.2) is 60.7 Å². The van der Waals surface area contributed by atoms with Crippen molar-refractivity contribution in [1.29, 1.82) is 0 Å². The zero-order valence-corrected chi connectivity index (χ0v) is 15.0. The van der Waals surface area contributed by atoms with Crippen molar-refractivity contribution in [2.24, 2.45) is 0 Å². The van der Waals surface area contributed by atoms with E-state index in [2.05, 4.69) is 10.3 Å². The summed E-state index contributed by atoms with van der Waals surface area (Å²) in [4.78, 5) is 15.1. The number of ether oxygens (including phenoxy) is 1. The standard InChI is InChI=1S/C20H14ClN3O3/c1-27-15-7-9-18-17(11-15)20(16-8-2-12(21)10-19(16)23-18)22-13-3-5-14(6-4-13)24(25)26/h2-11H,1H3,(H,22,23). The number of nitrogens with one attached hydrogen (secondary N) is 1. The van der Waals surface area contributed by atoms with E-state index in [-0.39, 0.29) is 5.69 Å². The second-order valence-corrected chi connectivity index (χ2v) is 6.40. The lowest BCUT2D eigenvalue weighted by Gasteiger charge is -2.14. The van der Waals surface area contributed by atoms with Crippen molar-refractivity contribution >= 4 is 50.5 Å². The van der Waals surface area contributed by atoms with Crippen molar-refractivity contribution in [3.8, 4) is 5.75 Å². The minimum Gasteiger partial charge on any atom is -0.497 e. The molecule has 0 amide bonds. The Kier molecular flexibility index (Phi) is 4.25. The van der Waals surface area contributed by atoms with Crippen molar-refractivity contribution in [3.05, 3.63) is 75.8 Å². The van der Waals surface area contributed by atoms with E-state index in [1.54, 1.807) is 25.3 Å². The highest BCUT2D eigenvalue weighted by Crippen LogP contribution is 2.36. The van der Waals surface area contributed by atoms with Crippen LogP contribution in [0.3, 0.4) is 0 Å². The van der Waals surface area contributed by atoms with Gasteiger partial charge in [0.05, 0.1) is 28.8 Å². The lowest BCUT2D eigenvalue weighted by Crippen LogP contribution is -1.96. The van der Waals surface area contributed by atoms with Crippen LogP contribution in [0.5, 0.6) is 5.75 Å². The Labute approximate surface area is 159 Å². The van der Waals surface area contributed by atoms with Gasteiger partial charge in [0, 0.05) is 33.6 Å². The Morgan fingerprint density at radius 2 is 1.78 bits per heavy atom. The summed E-state index contributed by atoms with van der Waals surface area (Å²) in [5.41, 5.74) is 3.14. The van der Waals surface area contributed by atoms with Gasteiger partial charge in [0.15, 0.2) is 0 Å². The molecule has 0 aliphatic rings. The van der Waals surface area contributed by atoms with Crippen molar-refractivity contribution in [2.75, 3.05) is 12.4 Å². The number of aromatic nitrogens is 1. The molecule has 1 heterocycles. The van der Waals surface area contributed by atoms with E-state index < -0.39 is 4.92 Å². The van der Waals surface area contributed by atoms with Crippen molar-refractivity contribution in [2.45, 2.75) is 0 Å². The summed E-state index contributed by atoms with van der Waals surface area (Å²) in [6.07, 6.45) is 0. The van der Waals surface area contributed by atoms with Gasteiger partial charge in [-0.25, -0.2) is 4.98 Å². The molecule has 0 atom stereocenters. The fraction of sp³-hybridized carbons (Fsp3) is 0.0500. The van der Waals surface area contributed by atoms with Crippen LogP contribution < -0.4 is 10.1 Å². The van der Waals surface area contributed by atoms with Gasteiger partial charge in [-0.1, -0.05) is 11.6 Å². The van der Waals surface area contributed by atoms with Crippen LogP contribution in [0.25, 0.3) is 21.8 Å². The number of nitrogens with zero attached hydrogens (tertiary/aromatic N) is 2. The number of anilines is 2. The Morgan fingerprint density at radius 1 is 1.00 bits per heavy atom. The number of rotatable bonds is 4. The van der Waals surface area contributed by atoms with Gasteiger partial charge >= 0.3 is 0 Å². The van der Waals surface area contributed by atoms with Crippen LogP contribution in [0.2, 0.25) is 5.02 Å². The molecule has 0 bridgehead atoms. The lowest BCUT2D eigenvalue weighted by molar-refractivity contribution is -0.384. The number of hydrogen-bond acceptors (Lipinski definition) is 5. The van der Waals surface area contributed by atoms with Gasteiger partial charge in [0.1, 0.15) is 5.75 Å². The molecule has 0 radical (unpaired) electrons. The van der Waals surface area contributed by atoms with E-state index in [1.807, 2.05) is 30.3 Å². The van der Waals surface area contributed by atoms with Crippen molar-refractivity contribution in [1.82, 2.24) is 4.98 Å². The first-order chi connectivity index (χ1) is 13.0. The fourth-order valence-electron chi connectivity index (χ4n) is 2.97. The molecule has 1 N–H and O–H groups in total. The van der Waals surface area contributed by atoms with Gasteiger partial charge in [0.2, 0.25) is 0 Å². The third-order valence-corrected chi connectivity index (χ3v) is 4.53. The normalized spacial score (nSPS) is 10.9. The van der Waals surface area contributed by atoms with Crippen LogP contribution in [-0.4, -0.2) is 17.0 Å². The first-order valence-corrected chi connectivity index (χ1v) is 8.51. The number of methoxy groups -OCH3 is 1. The van der Waals surface area contributed by atoms with Gasteiger partial charge < -0.3 is 10.1 Å². The Balaban J connectivity index is 1.92. The molecule has 7 heteroatoms. The lowest BCUT2D eigenvalue weighted by atomic mass is 10.1. The second kappa shape index (κ2) is 6.74. The van der Waals surface area contributed by atoms with E-state index in [0.717, 1.165) is 33.2 Å². The first-order valence-electron chi connectivity index (χ1n) is 8.13. The molecule has 0 saturated carbocycles. The molecular weight excluding hydrogens is 366 g/mol. The maximum atomic E-state index is 10.9. The average Bonchev–Trinajstić information content (AvgIpc) is 2.67. The number of benzene rings is 3. The number of nitro benzene ring substituents is 1. The van der Waals surface area contributed by atoms with Gasteiger partial charge in [-0.2, -0.15) is 0 Å². The molecular formula is C20H14ClN3O3. The Bertz CT molecular complexity index is 1180. The number of nitro groups is 1. The summed E-state index contributed by atoms with van der Waals surface area (Å²) in [7, 11) is 1.61. The largest absolute Gasteiger partial charge is 0.497 e. The zero-order valence-electron chi connectivity index (χ0n) is 14.3. The Morgan fingerprint density at radius 3 is 2.48 bits per heavy atom. The van der Waals surface area contributed by atoms with Crippen LogP contribution >= 0.6 is 11.6 Å². The van der Waals surface area contributed by atoms with E-state index in [0.29, 0.717) is 10.8 Å². The molecule has 4 rings (SSSR count). The molecule has 6 nitrogen and oxygen atoms in total. The molecule has 1 aromatic heterocycles. The summed E-state index contributed by atoms with van der Waals surface area (Å²) >= 11 is 6.13. The number of hydrogen-bond donors (Lipinski definition) is 1. The van der Waals surface area contributed by atoms with Crippen molar-refractivity contribution in [3.63, 3.8) is 0 Å². The summed E-state index contributed by atoms with van der Waals surface area (Å²) in [6.45, 7) is 0. The molecule has 0 unspecified atom stereocenters. The predicted octanol–water partition coefficient (Wildman–Crippen LogP) is 5.70. The minimum absolute atomic E-state index is 0.0402. The molecule has 0 fully saturated rings. The summed E-state index contributed by atoms with van der Waals surface area (Å²) < 4.78 is 5.35. The monoisotopic (exact) mass is 379 g/mol. The summed E-state index contributed by atoms with van der Waals surface area (Å²) in [6, 6.07) is 17.4. The first kappa shape index (κ1) is 17.1. The molecule has 0 aliphatic carbocycles. The highest BCUT2D eigenvalue weighted by molar-refractivity contribution is 6.31.